The average Bonchev–Trinajstić information content (AvgIpc) is 2.46. The first-order valence-corrected chi connectivity index (χ1v) is 7.19. The minimum Gasteiger partial charge on any atom is -0.390 e. The summed E-state index contributed by atoms with van der Waals surface area (Å²) in [7, 11) is 0. The smallest absolute Gasteiger partial charge is 0.253 e. The molecule has 5 heteroatoms. The molecule has 2 heterocycles. The predicted octanol–water partition coefficient (Wildman–Crippen LogP) is 1.51. The molecule has 2 aliphatic heterocycles. The monoisotopic (exact) mass is 275 g/mol. The van der Waals surface area contributed by atoms with E-state index < -0.39 is 5.60 Å². The summed E-state index contributed by atoms with van der Waals surface area (Å²) in [6.45, 7) is 4.85. The van der Waals surface area contributed by atoms with Crippen LogP contribution in [-0.2, 0) is 0 Å². The van der Waals surface area contributed by atoms with Crippen LogP contribution in [0.3, 0.4) is 0 Å². The fourth-order valence-electron chi connectivity index (χ4n) is 2.75. The lowest BCUT2D eigenvalue weighted by Gasteiger charge is -2.36. The van der Waals surface area contributed by atoms with E-state index in [0.717, 1.165) is 24.5 Å². The summed E-state index contributed by atoms with van der Waals surface area (Å²) in [4.78, 5) is 14.3. The van der Waals surface area contributed by atoms with Gasteiger partial charge in [0.2, 0.25) is 0 Å². The first kappa shape index (κ1) is 13.2. The van der Waals surface area contributed by atoms with Crippen LogP contribution in [0, 0.1) is 0 Å². The molecule has 1 saturated heterocycles. The highest BCUT2D eigenvalue weighted by Gasteiger charge is 2.30. The SMILES string of the molecule is CC1(O)CCN(C(=O)c2ccc3c(c2)NCCN3)CC1. The first-order chi connectivity index (χ1) is 9.55. The highest BCUT2D eigenvalue weighted by Crippen LogP contribution is 2.27. The highest BCUT2D eigenvalue weighted by molar-refractivity contribution is 5.96. The molecule has 3 rings (SSSR count). The Balaban J connectivity index is 1.74. The maximum absolute atomic E-state index is 12.5. The minimum absolute atomic E-state index is 0.0515. The summed E-state index contributed by atoms with van der Waals surface area (Å²) in [5.74, 6) is 0.0515. The molecule has 20 heavy (non-hydrogen) atoms. The van der Waals surface area contributed by atoms with Gasteiger partial charge in [-0.3, -0.25) is 4.79 Å². The Morgan fingerprint density at radius 3 is 2.55 bits per heavy atom. The van der Waals surface area contributed by atoms with Crippen molar-refractivity contribution in [1.29, 1.82) is 0 Å². The normalized spacial score (nSPS) is 20.6. The molecule has 1 aromatic carbocycles. The standard InChI is InChI=1S/C15H21N3O2/c1-15(20)4-8-18(9-5-15)14(19)11-2-3-12-13(10-11)17-7-6-16-12/h2-3,10,16-17,20H,4-9H2,1H3. The third-order valence-electron chi connectivity index (χ3n) is 4.15. The van der Waals surface area contributed by atoms with E-state index in [1.165, 1.54) is 0 Å². The number of amides is 1. The molecular weight excluding hydrogens is 254 g/mol. The van der Waals surface area contributed by atoms with E-state index in [9.17, 15) is 9.90 Å². The van der Waals surface area contributed by atoms with E-state index in [1.54, 1.807) is 0 Å². The Bertz CT molecular complexity index is 518. The number of rotatable bonds is 1. The summed E-state index contributed by atoms with van der Waals surface area (Å²) in [5, 5.41) is 16.5. The topological polar surface area (TPSA) is 64.6 Å². The molecule has 1 amide bonds. The van der Waals surface area contributed by atoms with Crippen molar-refractivity contribution in [3.63, 3.8) is 0 Å². The molecule has 2 aliphatic rings. The van der Waals surface area contributed by atoms with Gasteiger partial charge < -0.3 is 20.6 Å². The molecule has 108 valence electrons. The Morgan fingerprint density at radius 1 is 1.20 bits per heavy atom. The van der Waals surface area contributed by atoms with Crippen LogP contribution in [0.4, 0.5) is 11.4 Å². The van der Waals surface area contributed by atoms with Crippen molar-refractivity contribution in [3.05, 3.63) is 23.8 Å². The van der Waals surface area contributed by atoms with Gasteiger partial charge in [-0.15, -0.1) is 0 Å². The summed E-state index contributed by atoms with van der Waals surface area (Å²) < 4.78 is 0. The van der Waals surface area contributed by atoms with Crippen LogP contribution in [0.2, 0.25) is 0 Å². The van der Waals surface area contributed by atoms with Gasteiger partial charge in [0, 0.05) is 31.7 Å². The van der Waals surface area contributed by atoms with Crippen molar-refractivity contribution in [3.8, 4) is 0 Å². The molecule has 0 aliphatic carbocycles. The largest absolute Gasteiger partial charge is 0.390 e. The number of carbonyl (C=O) groups excluding carboxylic acids is 1. The molecule has 0 saturated carbocycles. The fraction of sp³-hybridized carbons (Fsp3) is 0.533. The molecule has 0 aromatic heterocycles. The number of piperidine rings is 1. The van der Waals surface area contributed by atoms with Crippen LogP contribution >= 0.6 is 0 Å². The van der Waals surface area contributed by atoms with Crippen LogP contribution in [0.5, 0.6) is 0 Å². The zero-order valence-corrected chi connectivity index (χ0v) is 11.8. The molecule has 1 aromatic rings. The third-order valence-corrected chi connectivity index (χ3v) is 4.15. The summed E-state index contributed by atoms with van der Waals surface area (Å²) >= 11 is 0. The van der Waals surface area contributed by atoms with E-state index in [-0.39, 0.29) is 5.91 Å². The van der Waals surface area contributed by atoms with Crippen molar-refractivity contribution in [1.82, 2.24) is 4.90 Å². The molecule has 3 N–H and O–H groups in total. The van der Waals surface area contributed by atoms with Crippen molar-refractivity contribution < 1.29 is 9.90 Å². The first-order valence-electron chi connectivity index (χ1n) is 7.19. The zero-order chi connectivity index (χ0) is 14.2. The number of likely N-dealkylation sites (tertiary alicyclic amines) is 1. The molecular formula is C15H21N3O2. The second kappa shape index (κ2) is 4.98. The Hall–Kier alpha value is -1.75. The molecule has 0 spiro atoms. The van der Waals surface area contributed by atoms with Crippen molar-refractivity contribution in [2.75, 3.05) is 36.8 Å². The fourth-order valence-corrected chi connectivity index (χ4v) is 2.75. The molecule has 0 atom stereocenters. The van der Waals surface area contributed by atoms with Gasteiger partial charge in [-0.2, -0.15) is 0 Å². The number of nitrogens with zero attached hydrogens (tertiary/aromatic N) is 1. The average molecular weight is 275 g/mol. The summed E-state index contributed by atoms with van der Waals surface area (Å²) in [6, 6.07) is 5.74. The van der Waals surface area contributed by atoms with Crippen molar-refractivity contribution in [2.45, 2.75) is 25.4 Å². The Morgan fingerprint density at radius 2 is 1.85 bits per heavy atom. The number of benzene rings is 1. The van der Waals surface area contributed by atoms with Gasteiger partial charge in [-0.05, 0) is 38.0 Å². The lowest BCUT2D eigenvalue weighted by Crippen LogP contribution is -2.45. The number of hydrogen-bond acceptors (Lipinski definition) is 4. The third kappa shape index (κ3) is 2.58. The lowest BCUT2D eigenvalue weighted by molar-refractivity contribution is -0.00202. The predicted molar refractivity (Wildman–Crippen MR) is 79.2 cm³/mol. The number of anilines is 2. The molecule has 5 nitrogen and oxygen atoms in total. The summed E-state index contributed by atoms with van der Waals surface area (Å²) in [6.07, 6.45) is 1.28. The van der Waals surface area contributed by atoms with Gasteiger partial charge in [-0.1, -0.05) is 0 Å². The van der Waals surface area contributed by atoms with Crippen LogP contribution < -0.4 is 10.6 Å². The van der Waals surface area contributed by atoms with Crippen LogP contribution in [0.15, 0.2) is 18.2 Å². The Labute approximate surface area is 119 Å². The van der Waals surface area contributed by atoms with Crippen LogP contribution in [0.1, 0.15) is 30.1 Å². The van der Waals surface area contributed by atoms with E-state index in [4.69, 9.17) is 0 Å². The van der Waals surface area contributed by atoms with E-state index in [0.29, 0.717) is 31.5 Å². The van der Waals surface area contributed by atoms with Crippen LogP contribution in [0.25, 0.3) is 0 Å². The number of fused-ring (bicyclic) bond motifs is 1. The number of hydrogen-bond donors (Lipinski definition) is 3. The van der Waals surface area contributed by atoms with E-state index in [2.05, 4.69) is 10.6 Å². The summed E-state index contributed by atoms with van der Waals surface area (Å²) in [5.41, 5.74) is 2.12. The van der Waals surface area contributed by atoms with Gasteiger partial charge in [0.1, 0.15) is 0 Å². The second-order valence-electron chi connectivity index (χ2n) is 5.90. The van der Waals surface area contributed by atoms with E-state index in [1.807, 2.05) is 30.0 Å². The number of nitrogens with one attached hydrogen (secondary N) is 2. The molecule has 0 bridgehead atoms. The van der Waals surface area contributed by atoms with Gasteiger partial charge in [0.25, 0.3) is 5.91 Å². The van der Waals surface area contributed by atoms with Crippen molar-refractivity contribution in [2.24, 2.45) is 0 Å². The van der Waals surface area contributed by atoms with Crippen molar-refractivity contribution >= 4 is 17.3 Å². The Kier molecular flexibility index (Phi) is 3.30. The second-order valence-corrected chi connectivity index (χ2v) is 5.90. The lowest BCUT2D eigenvalue weighted by atomic mass is 9.93. The minimum atomic E-state index is -0.627. The maximum atomic E-state index is 12.5. The van der Waals surface area contributed by atoms with E-state index >= 15 is 0 Å². The van der Waals surface area contributed by atoms with Gasteiger partial charge in [0.15, 0.2) is 0 Å². The highest BCUT2D eigenvalue weighted by atomic mass is 16.3. The van der Waals surface area contributed by atoms with Gasteiger partial charge >= 0.3 is 0 Å². The quantitative estimate of drug-likeness (QED) is 0.727. The molecule has 0 radical (unpaired) electrons. The molecule has 0 unspecified atom stereocenters. The maximum Gasteiger partial charge on any atom is 0.253 e. The number of aliphatic hydroxyl groups is 1. The number of carbonyl (C=O) groups is 1. The zero-order valence-electron chi connectivity index (χ0n) is 11.8. The van der Waals surface area contributed by atoms with Gasteiger partial charge in [-0.25, -0.2) is 0 Å². The molecule has 1 fully saturated rings. The van der Waals surface area contributed by atoms with Crippen LogP contribution in [-0.4, -0.2) is 47.7 Å². The van der Waals surface area contributed by atoms with Gasteiger partial charge in [0.05, 0.1) is 17.0 Å².